The van der Waals surface area contributed by atoms with E-state index >= 15 is 0 Å². The van der Waals surface area contributed by atoms with Crippen molar-refractivity contribution in [2.24, 2.45) is 0 Å². The van der Waals surface area contributed by atoms with Gasteiger partial charge in [-0.15, -0.1) is 0 Å². The Labute approximate surface area is 112 Å². The zero-order chi connectivity index (χ0) is 14.0. The number of rotatable bonds is 3. The highest BCUT2D eigenvalue weighted by atomic mass is 16.4. The number of nitrogens with two attached hydrogens (primary N) is 1. The van der Waals surface area contributed by atoms with E-state index in [9.17, 15) is 9.90 Å². The van der Waals surface area contributed by atoms with Gasteiger partial charge in [-0.25, -0.2) is 4.79 Å². The van der Waals surface area contributed by atoms with Gasteiger partial charge in [0, 0.05) is 5.56 Å². The van der Waals surface area contributed by atoms with E-state index in [1.165, 1.54) is 0 Å². The van der Waals surface area contributed by atoms with E-state index in [1.54, 1.807) is 6.07 Å². The van der Waals surface area contributed by atoms with Gasteiger partial charge in [-0.05, 0) is 23.1 Å². The molecule has 0 radical (unpaired) electrons. The van der Waals surface area contributed by atoms with Gasteiger partial charge >= 0.3 is 5.97 Å². The van der Waals surface area contributed by atoms with Crippen LogP contribution >= 0.6 is 0 Å². The lowest BCUT2D eigenvalue weighted by molar-refractivity contribution is 0.0698. The van der Waals surface area contributed by atoms with E-state index in [1.807, 2.05) is 36.4 Å². The quantitative estimate of drug-likeness (QED) is 0.821. The van der Waals surface area contributed by atoms with Crippen LogP contribution in [0.3, 0.4) is 0 Å². The molecule has 3 N–H and O–H groups in total. The lowest BCUT2D eigenvalue weighted by Crippen LogP contribution is -2.06. The Morgan fingerprint density at radius 1 is 1.11 bits per heavy atom. The van der Waals surface area contributed by atoms with Crippen molar-refractivity contribution in [3.63, 3.8) is 0 Å². The zero-order valence-electron chi connectivity index (χ0n) is 11.1. The van der Waals surface area contributed by atoms with Crippen LogP contribution in [0.4, 0.5) is 5.69 Å². The van der Waals surface area contributed by atoms with Crippen LogP contribution < -0.4 is 5.73 Å². The van der Waals surface area contributed by atoms with Crippen LogP contribution in [0, 0.1) is 0 Å². The minimum atomic E-state index is -0.995. The molecule has 98 valence electrons. The molecule has 2 rings (SSSR count). The van der Waals surface area contributed by atoms with Crippen molar-refractivity contribution in [1.29, 1.82) is 0 Å². The Bertz CT molecular complexity index is 604. The van der Waals surface area contributed by atoms with Gasteiger partial charge in [0.15, 0.2) is 0 Å². The monoisotopic (exact) mass is 255 g/mol. The molecule has 3 nitrogen and oxygen atoms in total. The molecule has 3 heteroatoms. The molecule has 0 spiro atoms. The Balaban J connectivity index is 2.74. The van der Waals surface area contributed by atoms with E-state index in [0.717, 1.165) is 16.7 Å². The van der Waals surface area contributed by atoms with Crippen LogP contribution in [0.25, 0.3) is 11.1 Å². The van der Waals surface area contributed by atoms with Gasteiger partial charge in [-0.1, -0.05) is 50.2 Å². The summed E-state index contributed by atoms with van der Waals surface area (Å²) in [4.78, 5) is 11.2. The summed E-state index contributed by atoms with van der Waals surface area (Å²) < 4.78 is 0. The van der Waals surface area contributed by atoms with Gasteiger partial charge in [-0.3, -0.25) is 0 Å². The van der Waals surface area contributed by atoms with Crippen LogP contribution in [0.1, 0.15) is 35.7 Å². The highest BCUT2D eigenvalue weighted by molar-refractivity contribution is 5.99. The van der Waals surface area contributed by atoms with Crippen molar-refractivity contribution in [2.45, 2.75) is 19.8 Å². The van der Waals surface area contributed by atoms with Crippen molar-refractivity contribution in [1.82, 2.24) is 0 Å². The van der Waals surface area contributed by atoms with Crippen molar-refractivity contribution in [2.75, 3.05) is 5.73 Å². The van der Waals surface area contributed by atoms with Crippen molar-refractivity contribution >= 4 is 11.7 Å². The molecule has 0 aliphatic heterocycles. The van der Waals surface area contributed by atoms with E-state index in [0.29, 0.717) is 5.69 Å². The number of aromatic carboxylic acids is 1. The minimum Gasteiger partial charge on any atom is -0.478 e. The Kier molecular flexibility index (Phi) is 3.56. The number of hydrogen-bond donors (Lipinski definition) is 2. The van der Waals surface area contributed by atoms with Crippen LogP contribution in [-0.4, -0.2) is 11.1 Å². The summed E-state index contributed by atoms with van der Waals surface area (Å²) in [5, 5.41) is 9.19. The molecule has 0 atom stereocenters. The molecular formula is C16H17NO2. The van der Waals surface area contributed by atoms with Crippen molar-refractivity contribution in [3.8, 4) is 11.1 Å². The molecular weight excluding hydrogens is 238 g/mol. The maximum Gasteiger partial charge on any atom is 0.337 e. The first-order chi connectivity index (χ1) is 9.02. The smallest absolute Gasteiger partial charge is 0.337 e. The molecule has 0 saturated carbocycles. The summed E-state index contributed by atoms with van der Waals surface area (Å²) in [5.41, 5.74) is 9.41. The average molecular weight is 255 g/mol. The number of hydrogen-bond acceptors (Lipinski definition) is 2. The Morgan fingerprint density at radius 3 is 2.26 bits per heavy atom. The predicted molar refractivity (Wildman–Crippen MR) is 77.3 cm³/mol. The lowest BCUT2D eigenvalue weighted by Gasteiger charge is -2.17. The first kappa shape index (κ1) is 13.1. The Morgan fingerprint density at radius 2 is 1.74 bits per heavy atom. The third-order valence-corrected chi connectivity index (χ3v) is 3.19. The highest BCUT2D eigenvalue weighted by Gasteiger charge is 2.17. The summed E-state index contributed by atoms with van der Waals surface area (Å²) in [6.07, 6.45) is 0. The maximum absolute atomic E-state index is 11.2. The van der Waals surface area contributed by atoms with Gasteiger partial charge in [0.1, 0.15) is 0 Å². The van der Waals surface area contributed by atoms with Crippen molar-refractivity contribution in [3.05, 3.63) is 53.6 Å². The Hall–Kier alpha value is -2.29. The standard InChI is InChI=1S/C16H17NO2/c1-10(2)12-8-9-13(16(18)19)15(17)14(12)11-6-4-3-5-7-11/h3-10H,17H2,1-2H3,(H,18,19). The van der Waals surface area contributed by atoms with Crippen molar-refractivity contribution < 1.29 is 9.90 Å². The fourth-order valence-corrected chi connectivity index (χ4v) is 2.23. The summed E-state index contributed by atoms with van der Waals surface area (Å²) in [6, 6.07) is 13.1. The molecule has 2 aromatic rings. The SMILES string of the molecule is CC(C)c1ccc(C(=O)O)c(N)c1-c1ccccc1. The summed E-state index contributed by atoms with van der Waals surface area (Å²) in [6.45, 7) is 4.14. The lowest BCUT2D eigenvalue weighted by atomic mass is 9.89. The first-order valence-electron chi connectivity index (χ1n) is 6.23. The second kappa shape index (κ2) is 5.14. The first-order valence-corrected chi connectivity index (χ1v) is 6.23. The molecule has 2 aromatic carbocycles. The zero-order valence-corrected chi connectivity index (χ0v) is 11.1. The van der Waals surface area contributed by atoms with Crippen LogP contribution in [0.5, 0.6) is 0 Å². The fourth-order valence-electron chi connectivity index (χ4n) is 2.23. The molecule has 0 aromatic heterocycles. The summed E-state index contributed by atoms with van der Waals surface area (Å²) in [7, 11) is 0. The van der Waals surface area contributed by atoms with Gasteiger partial charge in [-0.2, -0.15) is 0 Å². The topological polar surface area (TPSA) is 63.3 Å². The number of carboxylic acids is 1. The normalized spacial score (nSPS) is 10.7. The van der Waals surface area contributed by atoms with E-state index in [2.05, 4.69) is 13.8 Å². The number of nitrogen functional groups attached to an aromatic ring is 1. The number of benzene rings is 2. The van der Waals surface area contributed by atoms with Gasteiger partial charge in [0.2, 0.25) is 0 Å². The summed E-state index contributed by atoms with van der Waals surface area (Å²) in [5.74, 6) is -0.717. The third-order valence-electron chi connectivity index (χ3n) is 3.19. The van der Waals surface area contributed by atoms with Crippen LogP contribution in [0.2, 0.25) is 0 Å². The molecule has 0 aliphatic rings. The molecule has 0 aliphatic carbocycles. The maximum atomic E-state index is 11.2. The number of carbonyl (C=O) groups is 1. The molecule has 0 fully saturated rings. The fraction of sp³-hybridized carbons (Fsp3) is 0.188. The second-order valence-corrected chi connectivity index (χ2v) is 4.82. The van der Waals surface area contributed by atoms with Gasteiger partial charge in [0.05, 0.1) is 11.3 Å². The largest absolute Gasteiger partial charge is 0.478 e. The second-order valence-electron chi connectivity index (χ2n) is 4.82. The van der Waals surface area contributed by atoms with E-state index in [4.69, 9.17) is 5.73 Å². The molecule has 0 amide bonds. The number of carboxylic acid groups (broad SMARTS) is 1. The average Bonchev–Trinajstić information content (AvgIpc) is 2.38. The highest BCUT2D eigenvalue weighted by Crippen LogP contribution is 2.36. The summed E-state index contributed by atoms with van der Waals surface area (Å²) >= 11 is 0. The van der Waals surface area contributed by atoms with Crippen LogP contribution in [-0.2, 0) is 0 Å². The molecule has 0 saturated heterocycles. The third kappa shape index (κ3) is 2.45. The van der Waals surface area contributed by atoms with E-state index < -0.39 is 5.97 Å². The van der Waals surface area contributed by atoms with Gasteiger partial charge < -0.3 is 10.8 Å². The predicted octanol–water partition coefficient (Wildman–Crippen LogP) is 3.76. The molecule has 0 heterocycles. The molecule has 0 bridgehead atoms. The minimum absolute atomic E-state index is 0.156. The molecule has 19 heavy (non-hydrogen) atoms. The molecule has 0 unspecified atom stereocenters. The van der Waals surface area contributed by atoms with E-state index in [-0.39, 0.29) is 11.5 Å². The van der Waals surface area contributed by atoms with Crippen LogP contribution in [0.15, 0.2) is 42.5 Å². The number of anilines is 1. The van der Waals surface area contributed by atoms with Gasteiger partial charge in [0.25, 0.3) is 0 Å².